The first kappa shape index (κ1) is 15.0. The Morgan fingerprint density at radius 2 is 2.27 bits per heavy atom. The molecule has 0 amide bonds. The van der Waals surface area contributed by atoms with Gasteiger partial charge in [-0.25, -0.2) is 4.39 Å². The molecule has 0 radical (unpaired) electrons. The van der Waals surface area contributed by atoms with Gasteiger partial charge in [-0.1, -0.05) is 12.1 Å². The lowest BCUT2D eigenvalue weighted by Gasteiger charge is -2.34. The van der Waals surface area contributed by atoms with E-state index in [0.29, 0.717) is 19.0 Å². The third kappa shape index (κ3) is 3.64. The van der Waals surface area contributed by atoms with Crippen LogP contribution in [0.15, 0.2) is 36.5 Å². The number of halogens is 1. The SMILES string of the molecule is Fc1ccccc1OCCCN1CCOC[C@H]1c1ccn[nH]1. The van der Waals surface area contributed by atoms with Crippen molar-refractivity contribution in [1.29, 1.82) is 0 Å². The van der Waals surface area contributed by atoms with Crippen LogP contribution in [0.1, 0.15) is 18.2 Å². The summed E-state index contributed by atoms with van der Waals surface area (Å²) in [6.07, 6.45) is 2.59. The van der Waals surface area contributed by atoms with Crippen molar-refractivity contribution in [3.8, 4) is 5.75 Å². The number of para-hydroxylation sites is 1. The highest BCUT2D eigenvalue weighted by Crippen LogP contribution is 2.22. The Morgan fingerprint density at radius 3 is 3.09 bits per heavy atom. The van der Waals surface area contributed by atoms with Gasteiger partial charge in [0.1, 0.15) is 0 Å². The molecular formula is C16H20FN3O2. The minimum absolute atomic E-state index is 0.199. The van der Waals surface area contributed by atoms with Crippen molar-refractivity contribution in [2.24, 2.45) is 0 Å². The number of hydrogen-bond acceptors (Lipinski definition) is 4. The fourth-order valence-corrected chi connectivity index (χ4v) is 2.66. The van der Waals surface area contributed by atoms with Crippen LogP contribution in [0, 0.1) is 5.82 Å². The molecule has 0 saturated carbocycles. The third-order valence-corrected chi connectivity index (χ3v) is 3.80. The lowest BCUT2D eigenvalue weighted by atomic mass is 10.1. The average Bonchev–Trinajstić information content (AvgIpc) is 3.08. The zero-order valence-corrected chi connectivity index (χ0v) is 12.4. The molecule has 1 aromatic carbocycles. The lowest BCUT2D eigenvalue weighted by molar-refractivity contribution is -0.0117. The van der Waals surface area contributed by atoms with Crippen LogP contribution in [-0.2, 0) is 4.74 Å². The molecule has 1 atom stereocenters. The summed E-state index contributed by atoms with van der Waals surface area (Å²) in [5.41, 5.74) is 1.06. The van der Waals surface area contributed by atoms with Crippen LogP contribution in [0.25, 0.3) is 0 Å². The van der Waals surface area contributed by atoms with Gasteiger partial charge in [-0.05, 0) is 24.6 Å². The van der Waals surface area contributed by atoms with Crippen molar-refractivity contribution in [3.63, 3.8) is 0 Å². The summed E-state index contributed by atoms with van der Waals surface area (Å²) in [6, 6.07) is 8.66. The summed E-state index contributed by atoms with van der Waals surface area (Å²) in [5.74, 6) is -0.00111. The Hall–Kier alpha value is -1.92. The number of rotatable bonds is 6. The van der Waals surface area contributed by atoms with Gasteiger partial charge in [0, 0.05) is 19.3 Å². The first-order valence-electron chi connectivity index (χ1n) is 7.53. The molecule has 0 aliphatic carbocycles. The van der Waals surface area contributed by atoms with E-state index in [1.54, 1.807) is 24.4 Å². The lowest BCUT2D eigenvalue weighted by Crippen LogP contribution is -2.40. The number of aromatic amines is 1. The standard InChI is InChI=1S/C16H20FN3O2/c17-13-4-1-2-5-16(13)22-10-3-8-20-9-11-21-12-15(20)14-6-7-18-19-14/h1-2,4-7,15H,3,8-12H2,(H,18,19)/t15-/m0/s1. The molecule has 1 saturated heterocycles. The molecule has 1 fully saturated rings. The Balaban J connectivity index is 1.49. The number of H-pyrrole nitrogens is 1. The summed E-state index contributed by atoms with van der Waals surface area (Å²) in [4.78, 5) is 2.35. The Kier molecular flexibility index (Phi) is 5.03. The number of morpholine rings is 1. The zero-order valence-electron chi connectivity index (χ0n) is 12.4. The molecule has 6 heteroatoms. The van der Waals surface area contributed by atoms with E-state index in [4.69, 9.17) is 9.47 Å². The Bertz CT molecular complexity index is 577. The molecule has 1 N–H and O–H groups in total. The molecule has 3 rings (SSSR count). The van der Waals surface area contributed by atoms with E-state index in [1.165, 1.54) is 6.07 Å². The first-order valence-corrected chi connectivity index (χ1v) is 7.53. The molecule has 118 valence electrons. The van der Waals surface area contributed by atoms with Crippen molar-refractivity contribution in [2.45, 2.75) is 12.5 Å². The van der Waals surface area contributed by atoms with Crippen molar-refractivity contribution >= 4 is 0 Å². The summed E-state index contributed by atoms with van der Waals surface area (Å²) in [6.45, 7) is 3.65. The van der Waals surface area contributed by atoms with E-state index in [9.17, 15) is 4.39 Å². The van der Waals surface area contributed by atoms with Crippen molar-refractivity contribution in [1.82, 2.24) is 15.1 Å². The topological polar surface area (TPSA) is 50.4 Å². The molecule has 1 aromatic heterocycles. The quantitative estimate of drug-likeness (QED) is 0.833. The van der Waals surface area contributed by atoms with Gasteiger partial charge >= 0.3 is 0 Å². The number of hydrogen-bond donors (Lipinski definition) is 1. The third-order valence-electron chi connectivity index (χ3n) is 3.80. The predicted octanol–water partition coefficient (Wildman–Crippen LogP) is 2.39. The number of nitrogens with one attached hydrogen (secondary N) is 1. The van der Waals surface area contributed by atoms with Crippen molar-refractivity contribution in [2.75, 3.05) is 32.9 Å². The van der Waals surface area contributed by atoms with Gasteiger partial charge in [-0.2, -0.15) is 5.10 Å². The fourth-order valence-electron chi connectivity index (χ4n) is 2.66. The van der Waals surface area contributed by atoms with Crippen molar-refractivity contribution in [3.05, 3.63) is 48.0 Å². The molecule has 0 unspecified atom stereocenters. The van der Waals surface area contributed by atoms with E-state index in [2.05, 4.69) is 15.1 Å². The van der Waals surface area contributed by atoms with Gasteiger partial charge in [0.15, 0.2) is 11.6 Å². The van der Waals surface area contributed by atoms with Crippen LogP contribution in [0.5, 0.6) is 5.75 Å². The molecule has 1 aliphatic rings. The zero-order chi connectivity index (χ0) is 15.2. The first-order chi connectivity index (χ1) is 10.8. The van der Waals surface area contributed by atoms with E-state index < -0.39 is 0 Å². The Labute approximate surface area is 129 Å². The highest BCUT2D eigenvalue weighted by molar-refractivity contribution is 5.23. The van der Waals surface area contributed by atoms with Crippen molar-refractivity contribution < 1.29 is 13.9 Å². The minimum Gasteiger partial charge on any atom is -0.490 e. The summed E-state index contributed by atoms with van der Waals surface area (Å²) in [5, 5.41) is 7.01. The summed E-state index contributed by atoms with van der Waals surface area (Å²) >= 11 is 0. The highest BCUT2D eigenvalue weighted by atomic mass is 19.1. The monoisotopic (exact) mass is 305 g/mol. The second-order valence-electron chi connectivity index (χ2n) is 5.27. The molecular weight excluding hydrogens is 285 g/mol. The number of nitrogens with zero attached hydrogens (tertiary/aromatic N) is 2. The van der Waals surface area contributed by atoms with Gasteiger partial charge in [0.05, 0.1) is 31.6 Å². The van der Waals surface area contributed by atoms with Crippen LogP contribution < -0.4 is 4.74 Å². The summed E-state index contributed by atoms with van der Waals surface area (Å²) in [7, 11) is 0. The molecule has 5 nitrogen and oxygen atoms in total. The number of benzene rings is 1. The minimum atomic E-state index is -0.316. The summed E-state index contributed by atoms with van der Waals surface area (Å²) < 4.78 is 24.5. The largest absolute Gasteiger partial charge is 0.490 e. The maximum atomic E-state index is 13.5. The van der Waals surface area contributed by atoms with E-state index in [-0.39, 0.29) is 11.9 Å². The molecule has 1 aliphatic heterocycles. The van der Waals surface area contributed by atoms with E-state index >= 15 is 0 Å². The van der Waals surface area contributed by atoms with Crippen LogP contribution >= 0.6 is 0 Å². The fraction of sp³-hybridized carbons (Fsp3) is 0.438. The van der Waals surface area contributed by atoms with Gasteiger partial charge in [-0.15, -0.1) is 0 Å². The second kappa shape index (κ2) is 7.38. The Morgan fingerprint density at radius 1 is 1.36 bits per heavy atom. The second-order valence-corrected chi connectivity index (χ2v) is 5.27. The van der Waals surface area contributed by atoms with E-state index in [1.807, 2.05) is 6.07 Å². The van der Waals surface area contributed by atoms with Crippen LogP contribution in [-0.4, -0.2) is 48.0 Å². The average molecular weight is 305 g/mol. The smallest absolute Gasteiger partial charge is 0.165 e. The highest BCUT2D eigenvalue weighted by Gasteiger charge is 2.25. The van der Waals surface area contributed by atoms with Crippen LogP contribution in [0.4, 0.5) is 4.39 Å². The number of ether oxygens (including phenoxy) is 2. The molecule has 2 aromatic rings. The van der Waals surface area contributed by atoms with Gasteiger partial charge in [0.2, 0.25) is 0 Å². The van der Waals surface area contributed by atoms with Gasteiger partial charge < -0.3 is 9.47 Å². The van der Waals surface area contributed by atoms with Gasteiger partial charge in [-0.3, -0.25) is 10.00 Å². The number of aromatic nitrogens is 2. The van der Waals surface area contributed by atoms with E-state index in [0.717, 1.165) is 31.8 Å². The molecule has 2 heterocycles. The van der Waals surface area contributed by atoms with Crippen LogP contribution in [0.2, 0.25) is 0 Å². The maximum absolute atomic E-state index is 13.5. The predicted molar refractivity (Wildman–Crippen MR) is 80.2 cm³/mol. The molecule has 22 heavy (non-hydrogen) atoms. The normalized spacial score (nSPS) is 19.2. The molecule has 0 bridgehead atoms. The van der Waals surface area contributed by atoms with Gasteiger partial charge in [0.25, 0.3) is 0 Å². The maximum Gasteiger partial charge on any atom is 0.165 e. The van der Waals surface area contributed by atoms with Crippen LogP contribution in [0.3, 0.4) is 0 Å². The molecule has 0 spiro atoms.